The quantitative estimate of drug-likeness (QED) is 0.546. The second-order valence-corrected chi connectivity index (χ2v) is 9.05. The average Bonchev–Trinajstić information content (AvgIpc) is 3.44. The highest BCUT2D eigenvalue weighted by Gasteiger charge is 2.45. The van der Waals surface area contributed by atoms with E-state index in [-0.39, 0.29) is 12.4 Å². The fourth-order valence-electron chi connectivity index (χ4n) is 3.96. The smallest absolute Gasteiger partial charge is 0.294 e. The Hall–Kier alpha value is -3.36. The molecule has 1 N–H and O–H groups in total. The summed E-state index contributed by atoms with van der Waals surface area (Å²) in [7, 11) is 0. The van der Waals surface area contributed by atoms with E-state index in [0.717, 1.165) is 5.01 Å². The van der Waals surface area contributed by atoms with Crippen molar-refractivity contribution in [3.05, 3.63) is 80.0 Å². The average molecular weight is 469 g/mol. The number of carbonyl (C=O) groups excluding carboxylic acids is 2. The zero-order chi connectivity index (χ0) is 22.6. The maximum absolute atomic E-state index is 13.6. The summed E-state index contributed by atoms with van der Waals surface area (Å²) in [6, 6.07) is 11.0. The van der Waals surface area contributed by atoms with Crippen molar-refractivity contribution in [2.45, 2.75) is 19.9 Å². The van der Waals surface area contributed by atoms with Gasteiger partial charge in [0, 0.05) is 16.8 Å². The number of ether oxygens (including phenoxy) is 2. The Bertz CT molecular complexity index is 1300. The van der Waals surface area contributed by atoms with E-state index in [1.165, 1.54) is 16.2 Å². The molecule has 7 nitrogen and oxygen atoms in total. The Kier molecular flexibility index (Phi) is 4.91. The molecule has 162 valence electrons. The van der Waals surface area contributed by atoms with Crippen molar-refractivity contribution in [2.24, 2.45) is 0 Å². The number of aliphatic hydroxyl groups excluding tert-OH is 1. The number of aryl methyl sites for hydroxylation is 2. The van der Waals surface area contributed by atoms with Crippen LogP contribution in [-0.4, -0.2) is 28.6 Å². The zero-order valence-corrected chi connectivity index (χ0v) is 18.7. The van der Waals surface area contributed by atoms with Crippen LogP contribution in [0, 0.1) is 13.8 Å². The minimum absolute atomic E-state index is 0.00161. The van der Waals surface area contributed by atoms with Gasteiger partial charge in [-0.2, -0.15) is 0 Å². The van der Waals surface area contributed by atoms with Gasteiger partial charge < -0.3 is 14.6 Å². The van der Waals surface area contributed by atoms with Crippen LogP contribution in [0.25, 0.3) is 0 Å². The topological polar surface area (TPSA) is 89.0 Å². The van der Waals surface area contributed by atoms with Crippen molar-refractivity contribution >= 4 is 40.3 Å². The summed E-state index contributed by atoms with van der Waals surface area (Å²) in [6.45, 7) is 3.63. The molecule has 0 fully saturated rings. The van der Waals surface area contributed by atoms with Crippen LogP contribution in [0.1, 0.15) is 32.0 Å². The number of ketones is 1. The first-order valence-electron chi connectivity index (χ1n) is 9.75. The van der Waals surface area contributed by atoms with Crippen LogP contribution in [0.15, 0.2) is 53.8 Å². The molecule has 2 aliphatic rings. The molecular formula is C23H17ClN2O5S. The molecule has 0 bridgehead atoms. The summed E-state index contributed by atoms with van der Waals surface area (Å²) >= 11 is 7.30. The molecule has 0 saturated carbocycles. The maximum atomic E-state index is 13.6. The number of hydrogen-bond donors (Lipinski definition) is 1. The van der Waals surface area contributed by atoms with E-state index < -0.39 is 23.5 Å². The van der Waals surface area contributed by atoms with Gasteiger partial charge in [-0.1, -0.05) is 23.7 Å². The summed E-state index contributed by atoms with van der Waals surface area (Å²) in [6.07, 6.45) is 0. The van der Waals surface area contributed by atoms with E-state index >= 15 is 0 Å². The first kappa shape index (κ1) is 20.5. The van der Waals surface area contributed by atoms with E-state index in [4.69, 9.17) is 21.1 Å². The van der Waals surface area contributed by atoms with Gasteiger partial charge in [0.25, 0.3) is 5.91 Å². The van der Waals surface area contributed by atoms with Gasteiger partial charge in [0.2, 0.25) is 12.6 Å². The molecule has 0 aliphatic carbocycles. The van der Waals surface area contributed by atoms with Crippen LogP contribution < -0.4 is 14.4 Å². The lowest BCUT2D eigenvalue weighted by Crippen LogP contribution is -2.31. The standard InChI is InChI=1S/C23H17ClN2O5S/c1-11-22(32-12(2)25-11)20(27)18-19(13-3-5-14(24)6-4-13)26(23(29)21(18)28)15-7-8-16-17(9-15)31-10-30-16/h3-9,19,28H,10H2,1-2H3. The maximum Gasteiger partial charge on any atom is 0.294 e. The molecule has 1 aromatic heterocycles. The van der Waals surface area contributed by atoms with Crippen LogP contribution in [-0.2, 0) is 4.79 Å². The molecule has 2 aliphatic heterocycles. The van der Waals surface area contributed by atoms with Crippen LogP contribution in [0.4, 0.5) is 5.69 Å². The van der Waals surface area contributed by atoms with Gasteiger partial charge in [0.1, 0.15) is 0 Å². The summed E-state index contributed by atoms with van der Waals surface area (Å²) in [4.78, 5) is 32.9. The van der Waals surface area contributed by atoms with Gasteiger partial charge in [0.15, 0.2) is 17.3 Å². The van der Waals surface area contributed by atoms with E-state index in [0.29, 0.717) is 38.3 Å². The highest BCUT2D eigenvalue weighted by molar-refractivity contribution is 7.14. The highest BCUT2D eigenvalue weighted by Crippen LogP contribution is 2.45. The van der Waals surface area contributed by atoms with Crippen LogP contribution in [0.2, 0.25) is 5.02 Å². The lowest BCUT2D eigenvalue weighted by atomic mass is 9.95. The van der Waals surface area contributed by atoms with Gasteiger partial charge >= 0.3 is 0 Å². The molecule has 5 rings (SSSR count). The number of benzene rings is 2. The second-order valence-electron chi connectivity index (χ2n) is 7.41. The second kappa shape index (κ2) is 7.65. The highest BCUT2D eigenvalue weighted by atomic mass is 35.5. The third-order valence-corrected chi connectivity index (χ3v) is 6.71. The molecule has 3 aromatic rings. The first-order chi connectivity index (χ1) is 15.3. The molecule has 0 spiro atoms. The van der Waals surface area contributed by atoms with Gasteiger partial charge in [-0.15, -0.1) is 11.3 Å². The molecule has 0 saturated heterocycles. The number of nitrogens with zero attached hydrogens (tertiary/aromatic N) is 2. The largest absolute Gasteiger partial charge is 0.503 e. The summed E-state index contributed by atoms with van der Waals surface area (Å²) < 4.78 is 10.8. The van der Waals surface area contributed by atoms with Crippen molar-refractivity contribution < 1.29 is 24.2 Å². The number of rotatable bonds is 4. The molecule has 32 heavy (non-hydrogen) atoms. The number of amides is 1. The van der Waals surface area contributed by atoms with E-state index in [1.807, 2.05) is 0 Å². The molecule has 1 amide bonds. The van der Waals surface area contributed by atoms with Crippen molar-refractivity contribution in [1.29, 1.82) is 0 Å². The van der Waals surface area contributed by atoms with Crippen LogP contribution >= 0.6 is 22.9 Å². The van der Waals surface area contributed by atoms with Gasteiger partial charge in [-0.05, 0) is 43.7 Å². The minimum Gasteiger partial charge on any atom is -0.503 e. The Balaban J connectivity index is 1.66. The molecule has 1 atom stereocenters. The molecule has 1 unspecified atom stereocenters. The van der Waals surface area contributed by atoms with E-state index in [1.54, 1.807) is 56.3 Å². The van der Waals surface area contributed by atoms with E-state index in [9.17, 15) is 14.7 Å². The van der Waals surface area contributed by atoms with Crippen molar-refractivity contribution in [3.8, 4) is 11.5 Å². The van der Waals surface area contributed by atoms with Crippen LogP contribution in [0.3, 0.4) is 0 Å². The number of halogens is 1. The molecule has 9 heteroatoms. The number of hydrogen-bond acceptors (Lipinski definition) is 7. The number of Topliss-reactive ketones (excluding diaryl/α,β-unsaturated/α-hetero) is 1. The number of anilines is 1. The minimum atomic E-state index is -0.852. The van der Waals surface area contributed by atoms with Gasteiger partial charge in [0.05, 0.1) is 27.2 Å². The molecule has 2 aromatic carbocycles. The lowest BCUT2D eigenvalue weighted by molar-refractivity contribution is -0.117. The van der Waals surface area contributed by atoms with Crippen molar-refractivity contribution in [2.75, 3.05) is 11.7 Å². The molecule has 3 heterocycles. The number of aliphatic hydroxyl groups is 1. The third kappa shape index (κ3) is 3.23. The number of fused-ring (bicyclic) bond motifs is 1. The number of thiazole rings is 1. The SMILES string of the molecule is Cc1nc(C)c(C(=O)C2=C(O)C(=O)N(c3ccc4c(c3)OCO4)C2c2ccc(Cl)cc2)s1. The number of carbonyl (C=O) groups is 2. The van der Waals surface area contributed by atoms with Crippen molar-refractivity contribution in [1.82, 2.24) is 4.98 Å². The predicted molar refractivity (Wildman–Crippen MR) is 120 cm³/mol. The Labute approximate surface area is 192 Å². The number of aromatic nitrogens is 1. The van der Waals surface area contributed by atoms with Crippen LogP contribution in [0.5, 0.6) is 11.5 Å². The summed E-state index contributed by atoms with van der Waals surface area (Å²) in [5.74, 6) is -0.641. The van der Waals surface area contributed by atoms with Crippen molar-refractivity contribution in [3.63, 3.8) is 0 Å². The summed E-state index contributed by atoms with van der Waals surface area (Å²) in [5.41, 5.74) is 1.65. The molecule has 0 radical (unpaired) electrons. The van der Waals surface area contributed by atoms with E-state index in [2.05, 4.69) is 4.98 Å². The Morgan fingerprint density at radius 1 is 1.16 bits per heavy atom. The fraction of sp³-hybridized carbons (Fsp3) is 0.174. The summed E-state index contributed by atoms with van der Waals surface area (Å²) in [5, 5.41) is 12.1. The third-order valence-electron chi connectivity index (χ3n) is 5.38. The Morgan fingerprint density at radius 3 is 2.56 bits per heavy atom. The first-order valence-corrected chi connectivity index (χ1v) is 10.9. The van der Waals surface area contributed by atoms with Gasteiger partial charge in [-0.3, -0.25) is 14.5 Å². The normalized spacial score (nSPS) is 17.4. The fourth-order valence-corrected chi connectivity index (χ4v) is 4.96. The molecular weight excluding hydrogens is 452 g/mol. The Morgan fingerprint density at radius 2 is 1.88 bits per heavy atom. The zero-order valence-electron chi connectivity index (χ0n) is 17.1. The van der Waals surface area contributed by atoms with Gasteiger partial charge in [-0.25, -0.2) is 4.98 Å². The monoisotopic (exact) mass is 468 g/mol. The lowest BCUT2D eigenvalue weighted by Gasteiger charge is -2.27. The predicted octanol–water partition coefficient (Wildman–Crippen LogP) is 4.92.